The smallest absolute Gasteiger partial charge is 0.250 e. The number of nitrogens with two attached hydrogens (primary N) is 1. The van der Waals surface area contributed by atoms with Gasteiger partial charge in [0.15, 0.2) is 0 Å². The standard InChI is InChI=1S/C14H9N3O5/c15-14(22)5-1-2-7(19)12-10(5)16-13-9(21)3-8(20)6(4-18)11(13)17-12/h1-4,16,18,20H,(H2,15,22). The molecule has 0 aliphatic carbocycles. The first-order chi connectivity index (χ1) is 10.4. The molecule has 0 aliphatic heterocycles. The fourth-order valence-corrected chi connectivity index (χ4v) is 2.26. The molecule has 0 saturated heterocycles. The fourth-order valence-electron chi connectivity index (χ4n) is 2.26. The number of carbonyl (C=O) groups excluding carboxylic acids is 1. The number of nitrogens with one attached hydrogen (secondary N) is 1. The molecular weight excluding hydrogens is 290 g/mol. The van der Waals surface area contributed by atoms with E-state index in [1.165, 1.54) is 6.07 Å². The summed E-state index contributed by atoms with van der Waals surface area (Å²) in [5.74, 6) is -1.26. The Hall–Kier alpha value is -3.42. The van der Waals surface area contributed by atoms with E-state index in [9.17, 15) is 24.6 Å². The number of benzene rings is 2. The largest absolute Gasteiger partial charge is 0.515 e. The number of H-pyrrole nitrogens is 1. The molecule has 0 fully saturated rings. The lowest BCUT2D eigenvalue weighted by molar-refractivity contribution is 0.100. The molecule has 1 heterocycles. The zero-order valence-corrected chi connectivity index (χ0v) is 11.0. The van der Waals surface area contributed by atoms with Gasteiger partial charge in [-0.15, -0.1) is 0 Å². The van der Waals surface area contributed by atoms with Crippen molar-refractivity contribution in [2.24, 2.45) is 5.73 Å². The van der Waals surface area contributed by atoms with E-state index in [0.29, 0.717) is 6.26 Å². The number of aliphatic hydroxyl groups is 1. The molecule has 0 saturated carbocycles. The van der Waals surface area contributed by atoms with Crippen LogP contribution in [0, 0.1) is 0 Å². The van der Waals surface area contributed by atoms with E-state index < -0.39 is 22.5 Å². The Labute approximate surface area is 121 Å². The van der Waals surface area contributed by atoms with Crippen LogP contribution in [0.2, 0.25) is 0 Å². The third-order valence-corrected chi connectivity index (χ3v) is 3.29. The van der Waals surface area contributed by atoms with Crippen LogP contribution in [0.4, 0.5) is 0 Å². The predicted octanol–water partition coefficient (Wildman–Crippen LogP) is -0.744. The normalized spacial score (nSPS) is 12.1. The Morgan fingerprint density at radius 3 is 2.55 bits per heavy atom. The molecule has 2 aromatic carbocycles. The molecule has 0 aliphatic rings. The second-order valence-electron chi connectivity index (χ2n) is 4.60. The minimum Gasteiger partial charge on any atom is -0.515 e. The molecule has 3 aromatic rings. The number of primary amides is 1. The van der Waals surface area contributed by atoms with Crippen molar-refractivity contribution < 1.29 is 15.0 Å². The predicted molar refractivity (Wildman–Crippen MR) is 78.6 cm³/mol. The van der Waals surface area contributed by atoms with Crippen molar-refractivity contribution in [3.63, 3.8) is 0 Å². The highest BCUT2D eigenvalue weighted by Crippen LogP contribution is 2.14. The topological polar surface area (TPSA) is 146 Å². The average Bonchev–Trinajstić information content (AvgIpc) is 2.46. The summed E-state index contributed by atoms with van der Waals surface area (Å²) in [6, 6.07) is 3.25. The number of phenolic OH excluding ortho intramolecular Hbond substituents is 1. The van der Waals surface area contributed by atoms with Gasteiger partial charge in [0.05, 0.1) is 22.6 Å². The average molecular weight is 299 g/mol. The second kappa shape index (κ2) is 4.55. The van der Waals surface area contributed by atoms with Gasteiger partial charge in [-0.1, -0.05) is 0 Å². The SMILES string of the molecule is NC(=O)c1ccc(=O)c2nc3c(=CO)c(O)cc(=O)c3[nH]c12. The molecule has 1 aromatic heterocycles. The van der Waals surface area contributed by atoms with Crippen LogP contribution >= 0.6 is 0 Å². The summed E-state index contributed by atoms with van der Waals surface area (Å²) in [6.07, 6.45) is 0.576. The zero-order chi connectivity index (χ0) is 16.0. The summed E-state index contributed by atoms with van der Waals surface area (Å²) < 4.78 is 0. The lowest BCUT2D eigenvalue weighted by Gasteiger charge is -2.05. The minimum atomic E-state index is -0.789. The summed E-state index contributed by atoms with van der Waals surface area (Å²) in [7, 11) is 0. The van der Waals surface area contributed by atoms with Crippen LogP contribution in [0.15, 0.2) is 27.8 Å². The summed E-state index contributed by atoms with van der Waals surface area (Å²) >= 11 is 0. The molecule has 8 heteroatoms. The Bertz CT molecular complexity index is 1120. The maximum atomic E-state index is 12.0. The molecular formula is C14H9N3O5. The van der Waals surface area contributed by atoms with Gasteiger partial charge in [-0.2, -0.15) is 0 Å². The second-order valence-corrected chi connectivity index (χ2v) is 4.60. The number of aromatic nitrogens is 2. The molecule has 8 nitrogen and oxygen atoms in total. The highest BCUT2D eigenvalue weighted by molar-refractivity contribution is 6.05. The fraction of sp³-hybridized carbons (Fsp3) is 0. The van der Waals surface area contributed by atoms with E-state index >= 15 is 0 Å². The van der Waals surface area contributed by atoms with E-state index in [1.807, 2.05) is 0 Å². The van der Waals surface area contributed by atoms with E-state index in [2.05, 4.69) is 9.97 Å². The van der Waals surface area contributed by atoms with Crippen molar-refractivity contribution in [1.29, 1.82) is 0 Å². The first-order valence-electron chi connectivity index (χ1n) is 6.11. The number of fused-ring (bicyclic) bond motifs is 2. The Kier molecular flexibility index (Phi) is 2.81. The van der Waals surface area contributed by atoms with Gasteiger partial charge in [-0.3, -0.25) is 14.4 Å². The number of amides is 1. The molecule has 1 amide bonds. The first kappa shape index (κ1) is 13.6. The van der Waals surface area contributed by atoms with Gasteiger partial charge < -0.3 is 20.9 Å². The van der Waals surface area contributed by atoms with Gasteiger partial charge in [-0.05, 0) is 12.1 Å². The van der Waals surface area contributed by atoms with Crippen LogP contribution in [0.5, 0.6) is 5.75 Å². The highest BCUT2D eigenvalue weighted by Gasteiger charge is 2.15. The first-order valence-corrected chi connectivity index (χ1v) is 6.11. The van der Waals surface area contributed by atoms with Crippen LogP contribution < -0.4 is 21.8 Å². The maximum Gasteiger partial charge on any atom is 0.250 e. The summed E-state index contributed by atoms with van der Waals surface area (Å²) in [5, 5.41) is 18.8. The van der Waals surface area contributed by atoms with Crippen molar-refractivity contribution in [2.75, 3.05) is 0 Å². The lowest BCUT2D eigenvalue weighted by Crippen LogP contribution is -2.19. The van der Waals surface area contributed by atoms with Gasteiger partial charge in [0.2, 0.25) is 10.9 Å². The number of aromatic hydroxyl groups is 1. The number of rotatable bonds is 1. The zero-order valence-electron chi connectivity index (χ0n) is 11.0. The number of hydrogen-bond acceptors (Lipinski definition) is 6. The van der Waals surface area contributed by atoms with Gasteiger partial charge in [0.1, 0.15) is 22.3 Å². The van der Waals surface area contributed by atoms with E-state index in [-0.39, 0.29) is 32.8 Å². The van der Waals surface area contributed by atoms with Crippen LogP contribution in [0.3, 0.4) is 0 Å². The van der Waals surface area contributed by atoms with Gasteiger partial charge in [0.25, 0.3) is 5.91 Å². The molecule has 0 radical (unpaired) electrons. The van der Waals surface area contributed by atoms with Crippen LogP contribution in [-0.2, 0) is 0 Å². The highest BCUT2D eigenvalue weighted by atomic mass is 16.3. The van der Waals surface area contributed by atoms with E-state index in [4.69, 9.17) is 5.73 Å². The number of aromatic amines is 1. The molecule has 5 N–H and O–H groups in total. The molecule has 0 spiro atoms. The maximum absolute atomic E-state index is 12.0. The summed E-state index contributed by atoms with van der Waals surface area (Å²) in [5.41, 5.74) is 3.87. The van der Waals surface area contributed by atoms with Crippen molar-refractivity contribution in [1.82, 2.24) is 9.97 Å². The quantitative estimate of drug-likeness (QED) is 0.435. The molecule has 0 atom stereocenters. The molecule has 0 bridgehead atoms. The number of phenols is 1. The number of carbonyl (C=O) groups is 1. The van der Waals surface area contributed by atoms with Gasteiger partial charge in [-0.25, -0.2) is 4.98 Å². The third kappa shape index (κ3) is 1.78. The Balaban J connectivity index is 2.69. The lowest BCUT2D eigenvalue weighted by atomic mass is 10.1. The van der Waals surface area contributed by atoms with Crippen LogP contribution in [0.1, 0.15) is 10.4 Å². The van der Waals surface area contributed by atoms with Crippen molar-refractivity contribution in [3.05, 3.63) is 49.4 Å². The van der Waals surface area contributed by atoms with Crippen LogP contribution in [0.25, 0.3) is 28.3 Å². The Morgan fingerprint density at radius 1 is 1.18 bits per heavy atom. The van der Waals surface area contributed by atoms with Crippen molar-refractivity contribution in [2.45, 2.75) is 0 Å². The summed E-state index contributed by atoms with van der Waals surface area (Å²) in [4.78, 5) is 42.0. The van der Waals surface area contributed by atoms with Gasteiger partial charge in [0, 0.05) is 6.07 Å². The van der Waals surface area contributed by atoms with E-state index in [1.54, 1.807) is 0 Å². The molecule has 22 heavy (non-hydrogen) atoms. The van der Waals surface area contributed by atoms with Gasteiger partial charge >= 0.3 is 0 Å². The minimum absolute atomic E-state index is 0.00556. The van der Waals surface area contributed by atoms with Crippen molar-refractivity contribution >= 4 is 34.2 Å². The number of aliphatic hydroxyl groups excluding tert-OH is 1. The third-order valence-electron chi connectivity index (χ3n) is 3.29. The monoisotopic (exact) mass is 299 g/mol. The number of nitrogens with zero attached hydrogens (tertiary/aromatic N) is 1. The number of hydrogen-bond donors (Lipinski definition) is 4. The summed E-state index contributed by atoms with van der Waals surface area (Å²) in [6.45, 7) is 0. The van der Waals surface area contributed by atoms with Crippen molar-refractivity contribution in [3.8, 4) is 5.75 Å². The molecule has 110 valence electrons. The molecule has 3 rings (SSSR count). The Morgan fingerprint density at radius 2 is 1.91 bits per heavy atom. The van der Waals surface area contributed by atoms with E-state index in [0.717, 1.165) is 12.1 Å². The van der Waals surface area contributed by atoms with Crippen LogP contribution in [-0.4, -0.2) is 26.1 Å². The molecule has 0 unspecified atom stereocenters.